The number of methoxy groups -OCH3 is 1. The zero-order valence-electron chi connectivity index (χ0n) is 8.71. The third-order valence-corrected chi connectivity index (χ3v) is 1.96. The number of carbonyl (C=O) groups is 2. The summed E-state index contributed by atoms with van der Waals surface area (Å²) in [5, 5.41) is 0. The zero-order valence-corrected chi connectivity index (χ0v) is 8.71. The van der Waals surface area contributed by atoms with Crippen LogP contribution in [0, 0.1) is 5.92 Å². The van der Waals surface area contributed by atoms with Crippen LogP contribution in [0.3, 0.4) is 0 Å². The molecule has 0 saturated heterocycles. The van der Waals surface area contributed by atoms with E-state index in [0.29, 0.717) is 6.42 Å². The Morgan fingerprint density at radius 3 is 2.64 bits per heavy atom. The van der Waals surface area contributed by atoms with Gasteiger partial charge in [-0.25, -0.2) is 0 Å². The Balaban J connectivity index is 4.04. The number of carbonyl (C=O) groups excluding carboxylic acids is 2. The topological polar surface area (TPSA) is 43.4 Å². The average molecular weight is 196 g/mol. The number of Topliss-reactive ketones (excluding diaryl/α,β-unsaturated/α-hetero) is 1. The number of ketones is 1. The Kier molecular flexibility index (Phi) is 6.42. The summed E-state index contributed by atoms with van der Waals surface area (Å²) in [5.74, 6) is -1.20. The van der Waals surface area contributed by atoms with Crippen molar-refractivity contribution in [3.05, 3.63) is 18.4 Å². The molecule has 0 aromatic carbocycles. The summed E-state index contributed by atoms with van der Waals surface area (Å²) in [5.41, 5.74) is 2.64. The minimum absolute atomic E-state index is 0.139. The Labute approximate surface area is 84.4 Å². The van der Waals surface area contributed by atoms with E-state index in [1.165, 1.54) is 14.0 Å². The highest BCUT2D eigenvalue weighted by Gasteiger charge is 2.22. The monoisotopic (exact) mass is 196 g/mol. The van der Waals surface area contributed by atoms with Gasteiger partial charge in [0, 0.05) is 0 Å². The largest absolute Gasteiger partial charge is 0.468 e. The van der Waals surface area contributed by atoms with Crippen LogP contribution in [0.5, 0.6) is 0 Å². The maximum Gasteiger partial charge on any atom is 0.316 e. The Morgan fingerprint density at radius 2 is 2.21 bits per heavy atom. The van der Waals surface area contributed by atoms with E-state index in [-0.39, 0.29) is 5.78 Å². The second kappa shape index (κ2) is 7.10. The van der Waals surface area contributed by atoms with E-state index in [1.807, 2.05) is 0 Å². The lowest BCUT2D eigenvalue weighted by molar-refractivity contribution is -0.149. The molecule has 0 saturated carbocycles. The van der Waals surface area contributed by atoms with Gasteiger partial charge in [-0.3, -0.25) is 9.59 Å². The minimum atomic E-state index is -0.613. The molecule has 3 heteroatoms. The van der Waals surface area contributed by atoms with E-state index < -0.39 is 11.9 Å². The Morgan fingerprint density at radius 1 is 1.57 bits per heavy atom. The van der Waals surface area contributed by atoms with E-state index in [1.54, 1.807) is 6.08 Å². The summed E-state index contributed by atoms with van der Waals surface area (Å²) in [6.45, 7) is 4.83. The Bertz CT molecular complexity index is 249. The van der Waals surface area contributed by atoms with Crippen LogP contribution < -0.4 is 0 Å². The van der Waals surface area contributed by atoms with Gasteiger partial charge in [0.25, 0.3) is 0 Å². The lowest BCUT2D eigenvalue weighted by Crippen LogP contribution is -2.23. The van der Waals surface area contributed by atoms with Crippen molar-refractivity contribution < 1.29 is 14.3 Å². The van der Waals surface area contributed by atoms with Gasteiger partial charge < -0.3 is 4.74 Å². The number of esters is 1. The van der Waals surface area contributed by atoms with E-state index >= 15 is 0 Å². The standard InChI is InChI=1S/C11H16O3/c1-4-5-6-7-8-10(9(2)12)11(13)14-3/h5,10H,1,6-8H2,2-3H3. The van der Waals surface area contributed by atoms with Crippen molar-refractivity contribution in [1.29, 1.82) is 0 Å². The van der Waals surface area contributed by atoms with Crippen molar-refractivity contribution in [3.8, 4) is 0 Å². The highest BCUT2D eigenvalue weighted by atomic mass is 16.5. The summed E-state index contributed by atoms with van der Waals surface area (Å²) in [6.07, 6.45) is 3.86. The average Bonchev–Trinajstić information content (AvgIpc) is 2.16. The van der Waals surface area contributed by atoms with Crippen molar-refractivity contribution in [3.63, 3.8) is 0 Å². The van der Waals surface area contributed by atoms with E-state index in [2.05, 4.69) is 17.0 Å². The van der Waals surface area contributed by atoms with Crippen LogP contribution in [0.15, 0.2) is 18.4 Å². The Hall–Kier alpha value is -1.34. The molecule has 0 aliphatic heterocycles. The fraction of sp³-hybridized carbons (Fsp3) is 0.545. The quantitative estimate of drug-likeness (QED) is 0.282. The molecule has 0 aliphatic carbocycles. The molecular formula is C11H16O3. The maximum atomic E-state index is 11.1. The zero-order chi connectivity index (χ0) is 11.0. The molecule has 0 aliphatic rings. The third kappa shape index (κ3) is 4.63. The summed E-state index contributed by atoms with van der Waals surface area (Å²) in [7, 11) is 1.29. The maximum absolute atomic E-state index is 11.1. The van der Waals surface area contributed by atoms with Crippen LogP contribution in [0.1, 0.15) is 26.2 Å². The predicted octanol–water partition coefficient (Wildman–Crippen LogP) is 1.88. The van der Waals surface area contributed by atoms with Gasteiger partial charge in [0.1, 0.15) is 11.7 Å². The van der Waals surface area contributed by atoms with Crippen molar-refractivity contribution in [2.24, 2.45) is 5.92 Å². The predicted molar refractivity (Wildman–Crippen MR) is 53.7 cm³/mol. The second-order valence-electron chi connectivity index (χ2n) is 3.03. The molecule has 0 bridgehead atoms. The van der Waals surface area contributed by atoms with E-state index in [0.717, 1.165) is 12.8 Å². The van der Waals surface area contributed by atoms with Gasteiger partial charge in [0.2, 0.25) is 0 Å². The molecule has 0 fully saturated rings. The molecule has 3 nitrogen and oxygen atoms in total. The molecule has 0 heterocycles. The van der Waals surface area contributed by atoms with Crippen molar-refractivity contribution >= 4 is 11.8 Å². The number of allylic oxidation sites excluding steroid dienone is 1. The molecule has 0 spiro atoms. The summed E-state index contributed by atoms with van der Waals surface area (Å²) >= 11 is 0. The van der Waals surface area contributed by atoms with Crippen molar-refractivity contribution in [2.75, 3.05) is 7.11 Å². The van der Waals surface area contributed by atoms with Crippen LogP contribution >= 0.6 is 0 Å². The molecule has 14 heavy (non-hydrogen) atoms. The van der Waals surface area contributed by atoms with Crippen molar-refractivity contribution in [2.45, 2.75) is 26.2 Å². The van der Waals surface area contributed by atoms with Gasteiger partial charge in [-0.15, -0.1) is 5.73 Å². The van der Waals surface area contributed by atoms with Gasteiger partial charge in [0.15, 0.2) is 0 Å². The van der Waals surface area contributed by atoms with Crippen LogP contribution in [-0.2, 0) is 14.3 Å². The first kappa shape index (κ1) is 12.7. The first-order valence-corrected chi connectivity index (χ1v) is 4.56. The molecular weight excluding hydrogens is 180 g/mol. The number of hydrogen-bond donors (Lipinski definition) is 0. The molecule has 0 aromatic rings. The first-order chi connectivity index (χ1) is 6.63. The molecule has 1 unspecified atom stereocenters. The van der Waals surface area contributed by atoms with Gasteiger partial charge in [-0.2, -0.15) is 0 Å². The normalized spacial score (nSPS) is 11.3. The van der Waals surface area contributed by atoms with Gasteiger partial charge in [-0.05, 0) is 32.3 Å². The van der Waals surface area contributed by atoms with Crippen LogP contribution in [-0.4, -0.2) is 18.9 Å². The van der Waals surface area contributed by atoms with Crippen LogP contribution in [0.25, 0.3) is 0 Å². The molecule has 0 N–H and O–H groups in total. The molecule has 0 rings (SSSR count). The first-order valence-electron chi connectivity index (χ1n) is 4.56. The minimum Gasteiger partial charge on any atom is -0.468 e. The van der Waals surface area contributed by atoms with Gasteiger partial charge in [-0.1, -0.05) is 6.58 Å². The van der Waals surface area contributed by atoms with Crippen LogP contribution in [0.4, 0.5) is 0 Å². The van der Waals surface area contributed by atoms with Gasteiger partial charge >= 0.3 is 5.97 Å². The molecule has 78 valence electrons. The highest BCUT2D eigenvalue weighted by molar-refractivity contribution is 5.97. The summed E-state index contributed by atoms with van der Waals surface area (Å²) in [6, 6.07) is 0. The van der Waals surface area contributed by atoms with E-state index in [9.17, 15) is 9.59 Å². The number of rotatable bonds is 6. The SMILES string of the molecule is C=C=CCCCC(C(C)=O)C(=O)OC. The molecule has 1 atom stereocenters. The van der Waals surface area contributed by atoms with Crippen molar-refractivity contribution in [1.82, 2.24) is 0 Å². The summed E-state index contributed by atoms with van der Waals surface area (Å²) in [4.78, 5) is 22.2. The lowest BCUT2D eigenvalue weighted by Gasteiger charge is -2.09. The second-order valence-corrected chi connectivity index (χ2v) is 3.03. The number of hydrogen-bond acceptors (Lipinski definition) is 3. The smallest absolute Gasteiger partial charge is 0.316 e. The molecule has 0 aromatic heterocycles. The third-order valence-electron chi connectivity index (χ3n) is 1.96. The summed E-state index contributed by atoms with van der Waals surface area (Å²) < 4.78 is 4.53. The number of unbranched alkanes of at least 4 members (excludes halogenated alkanes) is 1. The van der Waals surface area contributed by atoms with E-state index in [4.69, 9.17) is 0 Å². The lowest BCUT2D eigenvalue weighted by atomic mass is 9.98. The molecule has 0 radical (unpaired) electrons. The highest BCUT2D eigenvalue weighted by Crippen LogP contribution is 2.11. The fourth-order valence-corrected chi connectivity index (χ4v) is 1.16. The van der Waals surface area contributed by atoms with Gasteiger partial charge in [0.05, 0.1) is 7.11 Å². The fourth-order valence-electron chi connectivity index (χ4n) is 1.16. The number of ether oxygens (including phenoxy) is 1. The molecule has 0 amide bonds. The van der Waals surface area contributed by atoms with Crippen LogP contribution in [0.2, 0.25) is 0 Å².